The molecule has 0 heterocycles. The highest BCUT2D eigenvalue weighted by Gasteiger charge is 1.81. The lowest BCUT2D eigenvalue weighted by Gasteiger charge is -1.73. The number of aliphatic carboxylic acids is 1. The van der Waals surface area contributed by atoms with Crippen molar-refractivity contribution in [2.75, 3.05) is 6.54 Å². The Morgan fingerprint density at radius 1 is 2.00 bits per heavy atom. The molecule has 0 saturated heterocycles. The van der Waals surface area contributed by atoms with E-state index in [1.165, 1.54) is 0 Å². The smallest absolute Gasteiger partial charge is 0.317 e. The first-order valence-corrected chi connectivity index (χ1v) is 1.19. The van der Waals surface area contributed by atoms with Crippen molar-refractivity contribution in [2.45, 2.75) is 0 Å². The molecular formula is C2H5NO2. The van der Waals surface area contributed by atoms with E-state index in [2.05, 4.69) is 5.73 Å². The minimum absolute atomic E-state index is 0.278. The molecule has 0 fully saturated rings. The molecule has 0 rings (SSSR count). The zero-order valence-electron chi connectivity index (χ0n) is 2.64. The molecule has 0 aromatic heterocycles. The fourth-order valence-corrected chi connectivity index (χ4v) is 0. The second-order valence-corrected chi connectivity index (χ2v) is 0.598. The van der Waals surface area contributed by atoms with E-state index >= 15 is 0 Å². The predicted molar refractivity (Wildman–Crippen MR) is 16.7 cm³/mol. The van der Waals surface area contributed by atoms with Crippen molar-refractivity contribution in [2.24, 2.45) is 5.73 Å². The summed E-state index contributed by atoms with van der Waals surface area (Å²) in [5.74, 6) is -0.968. The largest absolute Gasteiger partial charge is 0.480 e. The van der Waals surface area contributed by atoms with E-state index in [4.69, 9.17) is 5.11 Å². The maximum absolute atomic E-state index is 9.24. The van der Waals surface area contributed by atoms with Crippen molar-refractivity contribution in [3.8, 4) is 0 Å². The molecule has 3 N–H and O–H groups in total. The van der Waals surface area contributed by atoms with Crippen LogP contribution in [0.1, 0.15) is 0 Å². The monoisotopic (exact) mass is 75.0 g/mol. The van der Waals surface area contributed by atoms with Crippen molar-refractivity contribution >= 4 is 5.97 Å². The standard InChI is InChI=1S/C2H5NO2/c3-1-2(4)5/h1,3H2,(H,4,5)/i1+0,2+0,3+0. The molecule has 0 aromatic rings. The first-order chi connectivity index (χ1) is 2.27. The van der Waals surface area contributed by atoms with Gasteiger partial charge in [-0.3, -0.25) is 4.79 Å². The third kappa shape index (κ3) is 3.43. The number of nitrogens with two attached hydrogens (primary N) is 1. The molecule has 0 aliphatic heterocycles. The molecule has 0 unspecified atom stereocenters. The van der Waals surface area contributed by atoms with Crippen LogP contribution in [-0.4, -0.2) is 17.6 Å². The third-order valence-corrected chi connectivity index (χ3v) is 0.175. The molecule has 5 heavy (non-hydrogen) atoms. The molecular weight excluding hydrogens is 70.0 g/mol. The Labute approximate surface area is 29.4 Å². The van der Waals surface area contributed by atoms with E-state index in [9.17, 15) is 4.79 Å². The van der Waals surface area contributed by atoms with E-state index < -0.39 is 5.97 Å². The highest BCUT2D eigenvalue weighted by molar-refractivity contribution is 5.68. The van der Waals surface area contributed by atoms with Gasteiger partial charge in [0, 0.05) is 0 Å². The van der Waals surface area contributed by atoms with Crippen LogP contribution in [0.15, 0.2) is 0 Å². The van der Waals surface area contributed by atoms with Crippen molar-refractivity contribution in [3.63, 3.8) is 0 Å². The zero-order chi connectivity index (χ0) is 4.28. The van der Waals surface area contributed by atoms with Gasteiger partial charge in [-0.1, -0.05) is 0 Å². The first kappa shape index (κ1) is 4.43. The number of carboxylic acid groups (broad SMARTS) is 1. The van der Waals surface area contributed by atoms with E-state index in [0.717, 1.165) is 0 Å². The summed E-state index contributed by atoms with van der Waals surface area (Å²) in [6.07, 6.45) is 0. The number of carboxylic acids is 1. The Morgan fingerprint density at radius 2 is 2.20 bits per heavy atom. The Morgan fingerprint density at radius 3 is 2.20 bits per heavy atom. The second-order valence-electron chi connectivity index (χ2n) is 0.598. The predicted octanol–water partition coefficient (Wildman–Crippen LogP) is -0.970. The van der Waals surface area contributed by atoms with E-state index in [1.807, 2.05) is 0 Å². The van der Waals surface area contributed by atoms with Crippen LogP contribution < -0.4 is 5.73 Å². The van der Waals surface area contributed by atoms with Crippen LogP contribution in [0.25, 0.3) is 0 Å². The zero-order valence-corrected chi connectivity index (χ0v) is 2.64. The molecule has 30 valence electrons. The molecule has 3 nitrogen and oxygen atoms in total. The fourth-order valence-electron chi connectivity index (χ4n) is 0. The van der Waals surface area contributed by atoms with Gasteiger partial charge in [0.2, 0.25) is 0 Å². The van der Waals surface area contributed by atoms with Gasteiger partial charge in [-0.05, 0) is 0 Å². The average molecular weight is 75.0 g/mol. The number of carbonyl (C=O) groups is 1. The lowest BCUT2D eigenvalue weighted by Crippen LogP contribution is -2.10. The van der Waals surface area contributed by atoms with Crippen LogP contribution in [0.5, 0.6) is 0 Å². The van der Waals surface area contributed by atoms with Crippen molar-refractivity contribution in [1.29, 1.82) is 0 Å². The first-order valence-electron chi connectivity index (χ1n) is 1.19. The van der Waals surface area contributed by atoms with Gasteiger partial charge in [-0.25, -0.2) is 0 Å². The molecule has 0 spiro atoms. The summed E-state index contributed by atoms with van der Waals surface area (Å²) in [5, 5.41) is 7.60. The summed E-state index contributed by atoms with van der Waals surface area (Å²) in [4.78, 5) is 9.24. The SMILES string of the molecule is [14NH2][12CH2][12C](=O)O. The van der Waals surface area contributed by atoms with Crippen LogP contribution in [-0.2, 0) is 4.79 Å². The summed E-state index contributed by atoms with van der Waals surface area (Å²) in [6.45, 7) is -0.278. The number of hydrogen-bond acceptors (Lipinski definition) is 2. The lowest BCUT2D eigenvalue weighted by atomic mass is 10.7. The lowest BCUT2D eigenvalue weighted by molar-refractivity contribution is -0.135. The Balaban J connectivity index is 2.85. The van der Waals surface area contributed by atoms with Gasteiger partial charge in [0.05, 0.1) is 6.54 Å². The van der Waals surface area contributed by atoms with E-state index in [-0.39, 0.29) is 6.54 Å². The third-order valence-electron chi connectivity index (χ3n) is 0.175. The molecule has 0 aliphatic carbocycles. The van der Waals surface area contributed by atoms with E-state index in [1.54, 1.807) is 0 Å². The summed E-state index contributed by atoms with van der Waals surface area (Å²) in [7, 11) is 0. The summed E-state index contributed by atoms with van der Waals surface area (Å²) in [6, 6.07) is 0. The maximum atomic E-state index is 9.24. The Hall–Kier alpha value is -0.570. The molecule has 0 aromatic carbocycles. The van der Waals surface area contributed by atoms with Crippen molar-refractivity contribution < 1.29 is 9.90 Å². The molecule has 0 bridgehead atoms. The van der Waals surface area contributed by atoms with Gasteiger partial charge in [0.25, 0.3) is 0 Å². The second kappa shape index (κ2) is 1.72. The van der Waals surface area contributed by atoms with Gasteiger partial charge in [-0.2, -0.15) is 0 Å². The number of rotatable bonds is 1. The van der Waals surface area contributed by atoms with Gasteiger partial charge < -0.3 is 10.8 Å². The Kier molecular flexibility index (Phi) is 1.53. The maximum Gasteiger partial charge on any atom is 0.317 e. The van der Waals surface area contributed by atoms with Crippen molar-refractivity contribution in [1.82, 2.24) is 0 Å². The minimum atomic E-state index is -0.968. The number of hydrogen-bond donors (Lipinski definition) is 2. The van der Waals surface area contributed by atoms with E-state index in [0.29, 0.717) is 0 Å². The average Bonchev–Trinajstić information content (AvgIpc) is 1.38. The summed E-state index contributed by atoms with van der Waals surface area (Å²) >= 11 is 0. The van der Waals surface area contributed by atoms with Crippen LogP contribution in [0.2, 0.25) is 0 Å². The summed E-state index contributed by atoms with van der Waals surface area (Å²) in [5.41, 5.74) is 4.57. The molecule has 0 radical (unpaired) electrons. The molecule has 0 atom stereocenters. The quantitative estimate of drug-likeness (QED) is 0.421. The Bertz CT molecular complexity index is 42.9. The van der Waals surface area contributed by atoms with Gasteiger partial charge in [-0.15, -0.1) is 0 Å². The van der Waals surface area contributed by atoms with Crippen LogP contribution in [0, 0.1) is 0 Å². The molecule has 0 aliphatic rings. The normalized spacial score (nSPS) is 7.40. The minimum Gasteiger partial charge on any atom is -0.480 e. The van der Waals surface area contributed by atoms with Crippen molar-refractivity contribution in [3.05, 3.63) is 0 Å². The molecule has 0 amide bonds. The molecule has 0 saturated carbocycles. The fraction of sp³-hybridized carbons (Fsp3) is 0.500. The molecule has 3 heteroatoms. The van der Waals surface area contributed by atoms with Crippen LogP contribution >= 0.6 is 0 Å². The van der Waals surface area contributed by atoms with Gasteiger partial charge in [0.1, 0.15) is 0 Å². The van der Waals surface area contributed by atoms with Gasteiger partial charge >= 0.3 is 5.97 Å². The summed E-state index contributed by atoms with van der Waals surface area (Å²) < 4.78 is 0. The highest BCUT2D eigenvalue weighted by Crippen LogP contribution is 1.43. The topological polar surface area (TPSA) is 63.3 Å². The van der Waals surface area contributed by atoms with Gasteiger partial charge in [0.15, 0.2) is 0 Å². The van der Waals surface area contributed by atoms with Crippen LogP contribution in [0.4, 0.5) is 0 Å². The highest BCUT2D eigenvalue weighted by atomic mass is 16.4. The van der Waals surface area contributed by atoms with Crippen LogP contribution in [0.3, 0.4) is 0 Å².